The van der Waals surface area contributed by atoms with E-state index < -0.39 is 36.4 Å². The first-order chi connectivity index (χ1) is 22.6. The Morgan fingerprint density at radius 3 is 1.67 bits per heavy atom. The van der Waals surface area contributed by atoms with E-state index in [0.29, 0.717) is 0 Å². The molecule has 3 aliphatic heterocycles. The molecule has 1 aromatic heterocycles. The molecule has 11 nitrogen and oxygen atoms in total. The minimum Gasteiger partial charge on any atom is -0.475 e. The van der Waals surface area contributed by atoms with E-state index in [2.05, 4.69) is 57.9 Å². The van der Waals surface area contributed by atoms with Gasteiger partial charge in [-0.2, -0.15) is 39.5 Å². The Bertz CT molecular complexity index is 1310. The number of hydrogen-bond donors (Lipinski definition) is 3. The van der Waals surface area contributed by atoms with Gasteiger partial charge in [0.1, 0.15) is 5.82 Å². The highest BCUT2D eigenvalue weighted by Gasteiger charge is 2.46. The van der Waals surface area contributed by atoms with Crippen molar-refractivity contribution in [1.29, 1.82) is 0 Å². The number of fused-ring (bicyclic) bond motifs is 2. The van der Waals surface area contributed by atoms with Crippen molar-refractivity contribution < 1.29 is 74.0 Å². The Labute approximate surface area is 273 Å². The number of aliphatic carboxylic acids is 3. The fraction of sp³-hybridized carbons (Fsp3) is 0.586. The topological polar surface area (TPSA) is 145 Å². The average Bonchev–Trinajstić information content (AvgIpc) is 3.46. The number of carbonyl (C=O) groups is 3. The summed E-state index contributed by atoms with van der Waals surface area (Å²) in [5.41, 5.74) is 2.64. The molecule has 276 valence electrons. The molecule has 2 saturated heterocycles. The summed E-state index contributed by atoms with van der Waals surface area (Å²) in [4.78, 5) is 36.9. The largest absolute Gasteiger partial charge is 0.490 e. The molecule has 4 heterocycles. The Hall–Kier alpha value is -3.91. The number of likely N-dealkylation sites (tertiary alicyclic amines) is 1. The van der Waals surface area contributed by atoms with Crippen LogP contribution in [-0.2, 0) is 31.2 Å². The van der Waals surface area contributed by atoms with Gasteiger partial charge in [0.25, 0.3) is 0 Å². The average molecular weight is 723 g/mol. The summed E-state index contributed by atoms with van der Waals surface area (Å²) >= 11 is 0. The third-order valence-corrected chi connectivity index (χ3v) is 8.00. The van der Waals surface area contributed by atoms with Crippen LogP contribution in [0, 0.1) is 5.92 Å². The van der Waals surface area contributed by atoms with Gasteiger partial charge in [0, 0.05) is 45.9 Å². The third-order valence-electron chi connectivity index (χ3n) is 8.00. The lowest BCUT2D eigenvalue weighted by molar-refractivity contribution is -0.193. The van der Waals surface area contributed by atoms with E-state index >= 15 is 0 Å². The van der Waals surface area contributed by atoms with Gasteiger partial charge in [0.15, 0.2) is 0 Å². The van der Waals surface area contributed by atoms with E-state index in [4.69, 9.17) is 39.4 Å². The van der Waals surface area contributed by atoms with Crippen LogP contribution in [0.15, 0.2) is 36.5 Å². The van der Waals surface area contributed by atoms with Gasteiger partial charge in [-0.05, 0) is 44.2 Å². The van der Waals surface area contributed by atoms with Crippen LogP contribution in [-0.4, -0.2) is 118 Å². The minimum absolute atomic E-state index is 0.0947. The predicted octanol–water partition coefficient (Wildman–Crippen LogP) is 5.11. The van der Waals surface area contributed by atoms with Crippen LogP contribution in [0.25, 0.3) is 11.3 Å². The van der Waals surface area contributed by atoms with Gasteiger partial charge in [0.05, 0.1) is 17.4 Å². The van der Waals surface area contributed by atoms with E-state index in [-0.39, 0.29) is 5.54 Å². The third kappa shape index (κ3) is 12.2. The molecule has 1 aromatic carbocycles. The number of carboxylic acids is 3. The Morgan fingerprint density at radius 2 is 1.24 bits per heavy atom. The molecule has 2 fully saturated rings. The summed E-state index contributed by atoms with van der Waals surface area (Å²) in [7, 11) is 2.30. The van der Waals surface area contributed by atoms with Crippen LogP contribution in [0.5, 0.6) is 0 Å². The number of hydrogen-bond acceptors (Lipinski definition) is 7. The number of alkyl halides is 9. The zero-order valence-corrected chi connectivity index (χ0v) is 26.0. The number of imidazole rings is 1. The molecule has 0 radical (unpaired) electrons. The van der Waals surface area contributed by atoms with Gasteiger partial charge in [-0.25, -0.2) is 19.4 Å². The number of carboxylic acid groups (broad SMARTS) is 3. The molecule has 0 saturated carbocycles. The molecule has 2 aromatic rings. The monoisotopic (exact) mass is 722 g/mol. The van der Waals surface area contributed by atoms with Crippen LogP contribution in [0.4, 0.5) is 39.5 Å². The normalized spacial score (nSPS) is 18.4. The molecule has 3 N–H and O–H groups in total. The Kier molecular flexibility index (Phi) is 14.4. The van der Waals surface area contributed by atoms with Crippen molar-refractivity contribution in [3.63, 3.8) is 0 Å². The molecule has 0 aliphatic carbocycles. The van der Waals surface area contributed by atoms with Gasteiger partial charge in [0.2, 0.25) is 0 Å². The number of rotatable bonds is 3. The number of piperidine rings is 1. The standard InChI is InChI=1S/C23H32N4O.3C2HF3O2/c1-25-13-14-27-21(20-5-3-2-4-6-20)17-24-22(27)23(25)9-11-26(12-10-23)18-19-7-15-28-16-8-19;3*3-2(4,5)1(6)7/h2-6,17,19H,7-16,18H2,1H3;3*(H,6,7). The van der Waals surface area contributed by atoms with Gasteiger partial charge in [-0.3, -0.25) is 4.90 Å². The van der Waals surface area contributed by atoms with Crippen molar-refractivity contribution in [3.8, 4) is 11.3 Å². The number of likely N-dealkylation sites (N-methyl/N-ethyl adjacent to an activating group) is 1. The van der Waals surface area contributed by atoms with Crippen LogP contribution < -0.4 is 0 Å². The van der Waals surface area contributed by atoms with Crippen LogP contribution in [0.2, 0.25) is 0 Å². The van der Waals surface area contributed by atoms with Gasteiger partial charge < -0.3 is 29.5 Å². The second kappa shape index (κ2) is 17.1. The first-order valence-electron chi connectivity index (χ1n) is 14.6. The smallest absolute Gasteiger partial charge is 0.475 e. The first-order valence-corrected chi connectivity index (χ1v) is 14.6. The molecular weight excluding hydrogens is 687 g/mol. The van der Waals surface area contributed by atoms with E-state index in [1.807, 2.05) is 0 Å². The fourth-order valence-electron chi connectivity index (χ4n) is 5.45. The second-order valence-corrected chi connectivity index (χ2v) is 11.2. The summed E-state index contributed by atoms with van der Waals surface area (Å²) in [5, 5.41) is 21.4. The van der Waals surface area contributed by atoms with E-state index in [1.54, 1.807) is 0 Å². The number of ether oxygens (including phenoxy) is 1. The lowest BCUT2D eigenvalue weighted by Crippen LogP contribution is -2.56. The van der Waals surface area contributed by atoms with Gasteiger partial charge in [-0.1, -0.05) is 30.3 Å². The maximum atomic E-state index is 10.6. The molecule has 0 bridgehead atoms. The lowest BCUT2D eigenvalue weighted by Gasteiger charge is -2.50. The van der Waals surface area contributed by atoms with E-state index in [0.717, 1.165) is 32.2 Å². The first kappa shape index (κ1) is 41.3. The van der Waals surface area contributed by atoms with Crippen molar-refractivity contribution in [2.75, 3.05) is 46.4 Å². The van der Waals surface area contributed by atoms with Crippen molar-refractivity contribution >= 4 is 17.9 Å². The molecule has 0 amide bonds. The van der Waals surface area contributed by atoms with Crippen LogP contribution >= 0.6 is 0 Å². The van der Waals surface area contributed by atoms with Gasteiger partial charge >= 0.3 is 36.4 Å². The highest BCUT2D eigenvalue weighted by atomic mass is 19.4. The molecule has 49 heavy (non-hydrogen) atoms. The maximum absolute atomic E-state index is 10.6. The van der Waals surface area contributed by atoms with E-state index in [9.17, 15) is 39.5 Å². The number of nitrogens with zero attached hydrogens (tertiary/aromatic N) is 4. The number of benzene rings is 1. The number of halogens is 9. The van der Waals surface area contributed by atoms with Crippen molar-refractivity contribution in [1.82, 2.24) is 19.4 Å². The van der Waals surface area contributed by atoms with Crippen LogP contribution in [0.3, 0.4) is 0 Å². The molecule has 20 heteroatoms. The van der Waals surface area contributed by atoms with Gasteiger partial charge in [-0.15, -0.1) is 0 Å². The Balaban J connectivity index is 0.000000325. The molecular formula is C29H35F9N4O7. The van der Waals surface area contributed by atoms with Crippen molar-refractivity contribution in [2.24, 2.45) is 5.92 Å². The van der Waals surface area contributed by atoms with Crippen molar-refractivity contribution in [2.45, 2.75) is 56.3 Å². The summed E-state index contributed by atoms with van der Waals surface area (Å²) < 4.78 is 103. The fourth-order valence-corrected chi connectivity index (χ4v) is 5.45. The lowest BCUT2D eigenvalue weighted by atomic mass is 9.83. The molecule has 0 atom stereocenters. The summed E-state index contributed by atoms with van der Waals surface area (Å²) in [6.45, 7) is 7.62. The predicted molar refractivity (Wildman–Crippen MR) is 152 cm³/mol. The summed E-state index contributed by atoms with van der Waals surface area (Å²) in [6, 6.07) is 10.7. The van der Waals surface area contributed by atoms with Crippen molar-refractivity contribution in [3.05, 3.63) is 42.4 Å². The second-order valence-electron chi connectivity index (χ2n) is 11.2. The quantitative estimate of drug-likeness (QED) is 0.366. The SMILES string of the molecule is CN1CCn2c(-c3ccccc3)cnc2C12CCN(CC1CCOCC1)CC2.O=C(O)C(F)(F)F.O=C(O)C(F)(F)F.O=C(O)C(F)(F)F. The zero-order chi connectivity index (χ0) is 37.2. The van der Waals surface area contributed by atoms with E-state index in [1.165, 1.54) is 62.4 Å². The highest BCUT2D eigenvalue weighted by molar-refractivity contribution is 5.73. The molecule has 1 spiro atoms. The number of aromatic nitrogens is 2. The van der Waals surface area contributed by atoms with Crippen LogP contribution in [0.1, 0.15) is 31.5 Å². The molecule has 0 unspecified atom stereocenters. The summed E-state index contributed by atoms with van der Waals surface area (Å²) in [6.07, 6.45) is -8.34. The zero-order valence-electron chi connectivity index (χ0n) is 26.0. The highest BCUT2D eigenvalue weighted by Crippen LogP contribution is 2.41. The summed E-state index contributed by atoms with van der Waals surface area (Å²) in [5.74, 6) is -6.17. The minimum atomic E-state index is -5.08. The molecule has 5 rings (SSSR count). The maximum Gasteiger partial charge on any atom is 0.490 e. The Morgan fingerprint density at radius 1 is 0.796 bits per heavy atom. The molecule has 3 aliphatic rings.